The van der Waals surface area contributed by atoms with E-state index in [1.54, 1.807) is 4.90 Å². The minimum Gasteiger partial charge on any atom is -0.344 e. The van der Waals surface area contributed by atoms with Crippen molar-refractivity contribution >= 4 is 0 Å². The van der Waals surface area contributed by atoms with Crippen LogP contribution in [0.1, 0.15) is 12.5 Å². The molecule has 3 nitrogen and oxygen atoms in total. The van der Waals surface area contributed by atoms with Gasteiger partial charge in [0.1, 0.15) is 6.07 Å². The normalized spacial score (nSPS) is 14.6. The molecule has 80 valence electrons. The third-order valence-corrected chi connectivity index (χ3v) is 2.30. The van der Waals surface area contributed by atoms with Crippen molar-refractivity contribution in [3.8, 4) is 6.07 Å². The minimum absolute atomic E-state index is 0.501. The molecule has 1 aromatic rings. The van der Waals surface area contributed by atoms with E-state index in [9.17, 15) is 5.26 Å². The van der Waals surface area contributed by atoms with Gasteiger partial charge in [-0.1, -0.05) is 30.3 Å². The molecule has 3 heteroatoms. The van der Waals surface area contributed by atoms with Crippen molar-refractivity contribution in [2.24, 2.45) is 0 Å². The Kier molecular flexibility index (Phi) is 3.84. The highest BCUT2D eigenvalue weighted by atomic mass is 16.5. The quantitative estimate of drug-likeness (QED) is 0.703. The number of hydrogen-bond acceptors (Lipinski definition) is 3. The van der Waals surface area contributed by atoms with Gasteiger partial charge in [-0.15, -0.1) is 0 Å². The van der Waals surface area contributed by atoms with Crippen LogP contribution in [0.3, 0.4) is 0 Å². The van der Waals surface area contributed by atoms with Crippen LogP contribution in [0.25, 0.3) is 0 Å². The fraction of sp³-hybridized carbons (Fsp3) is 0.417. The van der Waals surface area contributed by atoms with Crippen molar-refractivity contribution in [1.29, 1.82) is 5.26 Å². The van der Waals surface area contributed by atoms with E-state index < -0.39 is 5.72 Å². The number of ether oxygens (including phenoxy) is 1. The topological polar surface area (TPSA) is 36.3 Å². The predicted molar refractivity (Wildman–Crippen MR) is 59.0 cm³/mol. The van der Waals surface area contributed by atoms with Crippen LogP contribution < -0.4 is 0 Å². The zero-order chi connectivity index (χ0) is 11.3. The molecular formula is C12H16N2O. The third kappa shape index (κ3) is 2.17. The molecule has 0 amide bonds. The molecule has 0 spiro atoms. The third-order valence-electron chi connectivity index (χ3n) is 2.30. The van der Waals surface area contributed by atoms with Gasteiger partial charge in [-0.05, 0) is 21.0 Å². The van der Waals surface area contributed by atoms with Crippen LogP contribution in [0.2, 0.25) is 0 Å². The maximum atomic E-state index is 9.31. The summed E-state index contributed by atoms with van der Waals surface area (Å²) >= 11 is 0. The van der Waals surface area contributed by atoms with Gasteiger partial charge in [0.15, 0.2) is 0 Å². The summed E-state index contributed by atoms with van der Waals surface area (Å²) in [6, 6.07) is 11.8. The Morgan fingerprint density at radius 3 is 2.33 bits per heavy atom. The highest BCUT2D eigenvalue weighted by molar-refractivity contribution is 5.28. The number of benzene rings is 1. The van der Waals surface area contributed by atoms with Crippen molar-refractivity contribution in [3.05, 3.63) is 35.9 Å². The van der Waals surface area contributed by atoms with E-state index in [1.165, 1.54) is 0 Å². The maximum Gasteiger partial charge on any atom is 0.236 e. The monoisotopic (exact) mass is 204 g/mol. The van der Waals surface area contributed by atoms with Crippen LogP contribution >= 0.6 is 0 Å². The molecule has 0 aromatic heterocycles. The zero-order valence-corrected chi connectivity index (χ0v) is 9.40. The van der Waals surface area contributed by atoms with Crippen molar-refractivity contribution in [2.45, 2.75) is 12.6 Å². The number of hydrogen-bond donors (Lipinski definition) is 0. The Morgan fingerprint density at radius 2 is 1.93 bits per heavy atom. The van der Waals surface area contributed by atoms with E-state index in [-0.39, 0.29) is 0 Å². The first-order valence-electron chi connectivity index (χ1n) is 4.95. The van der Waals surface area contributed by atoms with Crippen LogP contribution in [0, 0.1) is 11.3 Å². The molecule has 1 aromatic carbocycles. The van der Waals surface area contributed by atoms with Gasteiger partial charge >= 0.3 is 0 Å². The Balaban J connectivity index is 3.17. The lowest BCUT2D eigenvalue weighted by Crippen LogP contribution is -2.42. The summed E-state index contributed by atoms with van der Waals surface area (Å²) in [5.41, 5.74) is -0.116. The van der Waals surface area contributed by atoms with E-state index in [0.29, 0.717) is 6.61 Å². The van der Waals surface area contributed by atoms with Crippen molar-refractivity contribution < 1.29 is 4.74 Å². The fourth-order valence-corrected chi connectivity index (χ4v) is 1.54. The smallest absolute Gasteiger partial charge is 0.236 e. The molecule has 0 aliphatic rings. The van der Waals surface area contributed by atoms with Crippen molar-refractivity contribution in [3.63, 3.8) is 0 Å². The number of rotatable bonds is 4. The standard InChI is InChI=1S/C12H16N2O/c1-4-15-12(10-13,14(2)3)11-8-6-5-7-9-11/h5-9H,4H2,1-3H3. The molecule has 0 saturated heterocycles. The molecule has 0 N–H and O–H groups in total. The van der Waals surface area contributed by atoms with Crippen molar-refractivity contribution in [1.82, 2.24) is 4.90 Å². The van der Waals surface area contributed by atoms with E-state index in [1.807, 2.05) is 51.4 Å². The second-order valence-electron chi connectivity index (χ2n) is 3.45. The van der Waals surface area contributed by atoms with E-state index in [0.717, 1.165) is 5.56 Å². The molecular weight excluding hydrogens is 188 g/mol. The molecule has 0 fully saturated rings. The summed E-state index contributed by atoms with van der Waals surface area (Å²) in [6.07, 6.45) is 0. The number of nitriles is 1. The van der Waals surface area contributed by atoms with Crippen LogP contribution in [0.5, 0.6) is 0 Å². The molecule has 0 aliphatic carbocycles. The van der Waals surface area contributed by atoms with Crippen LogP contribution in [-0.4, -0.2) is 25.6 Å². The first-order chi connectivity index (χ1) is 7.17. The van der Waals surface area contributed by atoms with Gasteiger partial charge in [-0.2, -0.15) is 5.26 Å². The fourth-order valence-electron chi connectivity index (χ4n) is 1.54. The summed E-state index contributed by atoms with van der Waals surface area (Å²) < 4.78 is 5.59. The van der Waals surface area contributed by atoms with E-state index in [4.69, 9.17) is 4.74 Å². The molecule has 1 unspecified atom stereocenters. The zero-order valence-electron chi connectivity index (χ0n) is 9.40. The second kappa shape index (κ2) is 4.92. The lowest BCUT2D eigenvalue weighted by molar-refractivity contribution is -0.0963. The van der Waals surface area contributed by atoms with E-state index in [2.05, 4.69) is 6.07 Å². The summed E-state index contributed by atoms with van der Waals surface area (Å²) in [5.74, 6) is 0. The van der Waals surface area contributed by atoms with Gasteiger partial charge in [0, 0.05) is 12.2 Å². The first-order valence-corrected chi connectivity index (χ1v) is 4.95. The molecule has 1 atom stereocenters. The molecule has 1 rings (SSSR count). The summed E-state index contributed by atoms with van der Waals surface area (Å²) in [5, 5.41) is 9.31. The van der Waals surface area contributed by atoms with Crippen LogP contribution in [0.4, 0.5) is 0 Å². The van der Waals surface area contributed by atoms with E-state index >= 15 is 0 Å². The van der Waals surface area contributed by atoms with Crippen LogP contribution in [0.15, 0.2) is 30.3 Å². The molecule has 0 heterocycles. The summed E-state index contributed by atoms with van der Waals surface area (Å²) in [6.45, 7) is 2.39. The minimum atomic E-state index is -0.976. The van der Waals surface area contributed by atoms with Gasteiger partial charge in [0.05, 0.1) is 0 Å². The second-order valence-corrected chi connectivity index (χ2v) is 3.45. The highest BCUT2D eigenvalue weighted by Gasteiger charge is 2.35. The van der Waals surface area contributed by atoms with Gasteiger partial charge in [-0.3, -0.25) is 4.90 Å². The maximum absolute atomic E-state index is 9.31. The Hall–Kier alpha value is -1.37. The van der Waals surface area contributed by atoms with Crippen LogP contribution in [-0.2, 0) is 10.5 Å². The summed E-state index contributed by atoms with van der Waals surface area (Å²) in [4.78, 5) is 1.78. The van der Waals surface area contributed by atoms with Gasteiger partial charge in [-0.25, -0.2) is 0 Å². The molecule has 15 heavy (non-hydrogen) atoms. The Bertz CT molecular complexity index is 342. The summed E-state index contributed by atoms with van der Waals surface area (Å²) in [7, 11) is 3.68. The Labute approximate surface area is 90.9 Å². The van der Waals surface area contributed by atoms with Gasteiger partial charge < -0.3 is 4.74 Å². The lowest BCUT2D eigenvalue weighted by Gasteiger charge is -2.33. The lowest BCUT2D eigenvalue weighted by atomic mass is 10.0. The number of nitrogens with zero attached hydrogens (tertiary/aromatic N) is 2. The van der Waals surface area contributed by atoms with Gasteiger partial charge in [0.25, 0.3) is 0 Å². The molecule has 0 radical (unpaired) electrons. The average molecular weight is 204 g/mol. The first kappa shape index (κ1) is 11.7. The highest BCUT2D eigenvalue weighted by Crippen LogP contribution is 2.26. The molecule has 0 aliphatic heterocycles. The molecule has 0 bridgehead atoms. The predicted octanol–water partition coefficient (Wildman–Crippen LogP) is 1.96. The van der Waals surface area contributed by atoms with Crippen molar-refractivity contribution in [2.75, 3.05) is 20.7 Å². The largest absolute Gasteiger partial charge is 0.344 e. The Morgan fingerprint density at radius 1 is 1.33 bits per heavy atom. The average Bonchev–Trinajstić information content (AvgIpc) is 2.26. The SMILES string of the molecule is CCOC(C#N)(c1ccccc1)N(C)C. The molecule has 0 saturated carbocycles. The van der Waals surface area contributed by atoms with Gasteiger partial charge in [0.2, 0.25) is 5.72 Å².